The van der Waals surface area contributed by atoms with Crippen LogP contribution in [0.4, 0.5) is 33.3 Å². The molecule has 4 amide bonds. The molecule has 0 spiro atoms. The third-order valence-electron chi connectivity index (χ3n) is 11.3. The summed E-state index contributed by atoms with van der Waals surface area (Å²) >= 11 is 14.4. The number of nitrogens with zero attached hydrogens (tertiary/aromatic N) is 2. The van der Waals surface area contributed by atoms with E-state index in [1.54, 1.807) is 43.3 Å². The highest BCUT2D eigenvalue weighted by molar-refractivity contribution is 6.58. The number of allylic oxidation sites excluding steroid dienone is 2. The Morgan fingerprint density at radius 1 is 0.789 bits per heavy atom. The number of aromatic hydroxyl groups is 1. The smallest absolute Gasteiger partial charge is 0.258 e. The summed E-state index contributed by atoms with van der Waals surface area (Å²) in [6.07, 6.45) is 0.784. The maximum Gasteiger partial charge on any atom is 0.258 e. The fourth-order valence-corrected chi connectivity index (χ4v) is 9.63. The Morgan fingerprint density at radius 2 is 1.40 bits per heavy atom. The van der Waals surface area contributed by atoms with E-state index in [0.717, 1.165) is 4.90 Å². The first kappa shape index (κ1) is 38.3. The van der Waals surface area contributed by atoms with Gasteiger partial charge in [0.05, 0.1) is 24.1 Å². The van der Waals surface area contributed by atoms with Gasteiger partial charge in [0.1, 0.15) is 5.69 Å². The number of halogens is 7. The van der Waals surface area contributed by atoms with Crippen LogP contribution in [0.3, 0.4) is 0 Å². The SMILES string of the molecule is CCOc1cc(C2C3=CCC4C(=O)N(c5ccc(C(=O)c6ccccc6)cc5)C(=O)C4C3CC3(Cl)C(=O)N(c4c(F)c(F)c(F)c(F)c4F)C(=O)C23Cl)ccc1O. The number of benzene rings is 4. The van der Waals surface area contributed by atoms with Crippen LogP contribution < -0.4 is 14.5 Å². The second-order valence-corrected chi connectivity index (χ2v) is 15.3. The number of alkyl halides is 2. The fourth-order valence-electron chi connectivity index (χ4n) is 8.69. The van der Waals surface area contributed by atoms with Crippen molar-refractivity contribution in [3.05, 3.63) is 130 Å². The molecule has 2 aliphatic carbocycles. The van der Waals surface area contributed by atoms with Gasteiger partial charge >= 0.3 is 0 Å². The van der Waals surface area contributed by atoms with E-state index >= 15 is 8.78 Å². The average Bonchev–Trinajstić information content (AvgIpc) is 3.55. The van der Waals surface area contributed by atoms with Crippen LogP contribution >= 0.6 is 23.2 Å². The van der Waals surface area contributed by atoms with Gasteiger partial charge in [-0.15, -0.1) is 23.2 Å². The first-order valence-electron chi connectivity index (χ1n) is 17.6. The van der Waals surface area contributed by atoms with Gasteiger partial charge in [0, 0.05) is 17.0 Å². The first-order valence-corrected chi connectivity index (χ1v) is 18.4. The molecule has 0 bridgehead atoms. The molecule has 2 aliphatic heterocycles. The maximum atomic E-state index is 15.3. The van der Waals surface area contributed by atoms with Gasteiger partial charge in [-0.3, -0.25) is 28.9 Å². The van der Waals surface area contributed by atoms with Crippen molar-refractivity contribution >= 4 is 64.0 Å². The third-order valence-corrected chi connectivity index (χ3v) is 12.7. The summed E-state index contributed by atoms with van der Waals surface area (Å²) in [5, 5.41) is 10.5. The summed E-state index contributed by atoms with van der Waals surface area (Å²) in [6.45, 7) is 1.67. The number of carbonyl (C=O) groups excluding carboxylic acids is 5. The van der Waals surface area contributed by atoms with Crippen molar-refractivity contribution in [2.24, 2.45) is 17.8 Å². The van der Waals surface area contributed by atoms with E-state index in [0.29, 0.717) is 5.56 Å². The summed E-state index contributed by atoms with van der Waals surface area (Å²) in [5.74, 6) is -22.7. The van der Waals surface area contributed by atoms with Crippen LogP contribution in [0.25, 0.3) is 0 Å². The lowest BCUT2D eigenvalue weighted by molar-refractivity contribution is -0.125. The summed E-state index contributed by atoms with van der Waals surface area (Å²) in [4.78, 5) is 65.7. The number of anilines is 2. The van der Waals surface area contributed by atoms with E-state index in [9.17, 15) is 42.3 Å². The van der Waals surface area contributed by atoms with Gasteiger partial charge in [0.25, 0.3) is 11.8 Å². The van der Waals surface area contributed by atoms with Crippen LogP contribution in [0.1, 0.15) is 47.2 Å². The molecule has 2 saturated heterocycles. The zero-order chi connectivity index (χ0) is 40.9. The lowest BCUT2D eigenvalue weighted by Gasteiger charge is -2.50. The molecule has 4 aliphatic rings. The molecule has 2 heterocycles. The van der Waals surface area contributed by atoms with Crippen LogP contribution in [0.15, 0.2) is 84.4 Å². The van der Waals surface area contributed by atoms with Crippen LogP contribution in [0, 0.1) is 46.8 Å². The molecular weight excluding hydrogens is 798 g/mol. The predicted molar refractivity (Wildman–Crippen MR) is 195 cm³/mol. The van der Waals surface area contributed by atoms with E-state index in [1.165, 1.54) is 42.5 Å². The standard InChI is InChI=1S/C41H27Cl2F5N2O7/c1-2-57-26-16-20(10-15-25(26)51)28-22-13-14-23-27(37(54)49(36(23)53)21-11-8-19(9-12-21)35(52)18-6-4-3-5-7-18)24(22)17-40(42)38(55)50(39(56)41(28,40)43)34-32(47)30(45)29(44)31(46)33(34)48/h3-13,15-16,23-24,27-28,51H,2,14,17H2,1H3. The highest BCUT2D eigenvalue weighted by atomic mass is 35.5. The second kappa shape index (κ2) is 13.5. The first-order chi connectivity index (χ1) is 27.1. The molecule has 0 aromatic heterocycles. The Kier molecular flexibility index (Phi) is 9.08. The predicted octanol–water partition coefficient (Wildman–Crippen LogP) is 7.49. The van der Waals surface area contributed by atoms with Crippen LogP contribution in [0.5, 0.6) is 11.5 Å². The molecule has 57 heavy (non-hydrogen) atoms. The van der Waals surface area contributed by atoms with Crippen molar-refractivity contribution in [1.82, 2.24) is 0 Å². The number of phenols is 1. The average molecular weight is 826 g/mol. The van der Waals surface area contributed by atoms with Crippen molar-refractivity contribution < 1.29 is 55.8 Å². The van der Waals surface area contributed by atoms with E-state index in [-0.39, 0.29) is 57.6 Å². The number of ketones is 1. The molecule has 0 radical (unpaired) electrons. The van der Waals surface area contributed by atoms with E-state index in [2.05, 4.69) is 0 Å². The van der Waals surface area contributed by atoms with Crippen molar-refractivity contribution in [3.63, 3.8) is 0 Å². The highest BCUT2D eigenvalue weighted by Crippen LogP contribution is 2.66. The minimum Gasteiger partial charge on any atom is -0.504 e. The number of ether oxygens (including phenoxy) is 1. The number of imide groups is 2. The Bertz CT molecular complexity index is 2460. The molecule has 6 atom stereocenters. The zero-order valence-corrected chi connectivity index (χ0v) is 30.9. The summed E-state index contributed by atoms with van der Waals surface area (Å²) < 4.78 is 79.4. The van der Waals surface area contributed by atoms with Gasteiger partial charge < -0.3 is 9.84 Å². The molecule has 1 saturated carbocycles. The Balaban J connectivity index is 1.25. The minimum absolute atomic E-state index is 0.0570. The molecule has 16 heteroatoms. The largest absolute Gasteiger partial charge is 0.504 e. The number of hydrogen-bond donors (Lipinski definition) is 1. The summed E-state index contributed by atoms with van der Waals surface area (Å²) in [6, 6.07) is 18.0. The van der Waals surface area contributed by atoms with Gasteiger partial charge in [-0.05, 0) is 67.6 Å². The van der Waals surface area contributed by atoms with Gasteiger partial charge in [-0.25, -0.2) is 26.9 Å². The number of fused-ring (bicyclic) bond motifs is 4. The zero-order valence-electron chi connectivity index (χ0n) is 29.4. The van der Waals surface area contributed by atoms with Crippen LogP contribution in [-0.4, -0.2) is 50.9 Å². The molecule has 9 nitrogen and oxygen atoms in total. The molecule has 4 aromatic carbocycles. The summed E-state index contributed by atoms with van der Waals surface area (Å²) in [5.41, 5.74) is -0.763. The normalized spacial score (nSPS) is 26.6. The quantitative estimate of drug-likeness (QED) is 0.0390. The van der Waals surface area contributed by atoms with Crippen molar-refractivity contribution in [2.45, 2.75) is 35.4 Å². The number of hydrogen-bond acceptors (Lipinski definition) is 7. The van der Waals surface area contributed by atoms with Crippen LogP contribution in [0.2, 0.25) is 0 Å². The molecule has 3 fully saturated rings. The lowest BCUT2D eigenvalue weighted by Crippen LogP contribution is -2.60. The Labute approximate surface area is 330 Å². The number of carbonyl (C=O) groups is 5. The van der Waals surface area contributed by atoms with Gasteiger partial charge in [0.15, 0.2) is 50.3 Å². The van der Waals surface area contributed by atoms with Crippen molar-refractivity contribution in [2.75, 3.05) is 16.4 Å². The summed E-state index contributed by atoms with van der Waals surface area (Å²) in [7, 11) is 0. The van der Waals surface area contributed by atoms with Crippen molar-refractivity contribution in [3.8, 4) is 11.5 Å². The lowest BCUT2D eigenvalue weighted by atomic mass is 9.56. The topological polar surface area (TPSA) is 121 Å². The Hall–Kier alpha value is -5.60. The molecule has 292 valence electrons. The van der Waals surface area contributed by atoms with E-state index in [4.69, 9.17) is 27.9 Å². The molecule has 4 aromatic rings. The number of amides is 4. The fraction of sp³-hybridized carbons (Fsp3) is 0.244. The van der Waals surface area contributed by atoms with E-state index < -0.39 is 98.2 Å². The van der Waals surface area contributed by atoms with Crippen molar-refractivity contribution in [1.29, 1.82) is 0 Å². The van der Waals surface area contributed by atoms with Crippen LogP contribution in [-0.2, 0) is 19.2 Å². The Morgan fingerprint density at radius 3 is 2.04 bits per heavy atom. The minimum atomic E-state index is -2.74. The van der Waals surface area contributed by atoms with Gasteiger partial charge in [-0.2, -0.15) is 0 Å². The molecule has 8 rings (SSSR count). The highest BCUT2D eigenvalue weighted by Gasteiger charge is 2.77. The monoisotopic (exact) mass is 824 g/mol. The third kappa shape index (κ3) is 5.29. The molecule has 1 N–H and O–H groups in total. The van der Waals surface area contributed by atoms with Gasteiger partial charge in [0.2, 0.25) is 17.6 Å². The second-order valence-electron chi connectivity index (χ2n) is 14.1. The van der Waals surface area contributed by atoms with E-state index in [1.807, 2.05) is 0 Å². The van der Waals surface area contributed by atoms with Gasteiger partial charge in [-0.1, -0.05) is 48.0 Å². The molecule has 6 unspecified atom stereocenters. The maximum absolute atomic E-state index is 15.3. The number of phenolic OH excluding ortho intramolecular Hbond substituents is 1. The number of rotatable bonds is 7. The molecular formula is C41H27Cl2F5N2O7.